The van der Waals surface area contributed by atoms with Crippen molar-refractivity contribution in [1.82, 2.24) is 4.90 Å². The summed E-state index contributed by atoms with van der Waals surface area (Å²) >= 11 is 5.65. The molecule has 0 saturated carbocycles. The van der Waals surface area contributed by atoms with Crippen LogP contribution in [-0.2, 0) is 16.0 Å². The lowest BCUT2D eigenvalue weighted by molar-refractivity contribution is -0.124. The highest BCUT2D eigenvalue weighted by atomic mass is 32.1. The maximum absolute atomic E-state index is 13.4. The van der Waals surface area contributed by atoms with Crippen molar-refractivity contribution in [2.45, 2.75) is 18.9 Å². The Balaban J connectivity index is 1.53. The molecule has 1 atom stereocenters. The number of amides is 2. The first-order chi connectivity index (χ1) is 16.5. The Hall–Kier alpha value is -3.78. The molecule has 6 nitrogen and oxygen atoms in total. The fourth-order valence-corrected chi connectivity index (χ4v) is 4.29. The standard InChI is InChI=1S/C26H24FN3O3S/c1-33-22-13-9-20(10-14-22)28-24(31)17-23-25(32)30(21-11-7-19(27)8-12-21)26(34)29(23)16-15-18-5-3-2-4-6-18/h2-14,23H,15-17H2,1H3,(H,28,31)/t23-/m1/s1. The van der Waals surface area contributed by atoms with E-state index in [9.17, 15) is 14.0 Å². The van der Waals surface area contributed by atoms with Crippen LogP contribution >= 0.6 is 12.2 Å². The van der Waals surface area contributed by atoms with Crippen LogP contribution in [0.15, 0.2) is 78.9 Å². The molecule has 0 aliphatic carbocycles. The van der Waals surface area contributed by atoms with Crippen LogP contribution in [0.1, 0.15) is 12.0 Å². The van der Waals surface area contributed by atoms with Crippen molar-refractivity contribution in [3.63, 3.8) is 0 Å². The third kappa shape index (κ3) is 5.23. The summed E-state index contributed by atoms with van der Waals surface area (Å²) in [4.78, 5) is 29.4. The molecule has 2 amide bonds. The molecule has 8 heteroatoms. The Kier molecular flexibility index (Phi) is 7.18. The first-order valence-corrected chi connectivity index (χ1v) is 11.2. The van der Waals surface area contributed by atoms with Crippen molar-refractivity contribution in [2.24, 2.45) is 0 Å². The number of hydrogen-bond donors (Lipinski definition) is 1. The van der Waals surface area contributed by atoms with E-state index in [1.54, 1.807) is 36.3 Å². The van der Waals surface area contributed by atoms with E-state index in [0.717, 1.165) is 5.56 Å². The van der Waals surface area contributed by atoms with E-state index in [1.165, 1.54) is 29.2 Å². The minimum atomic E-state index is -0.764. The summed E-state index contributed by atoms with van der Waals surface area (Å²) < 4.78 is 18.6. The molecule has 0 radical (unpaired) electrons. The molecule has 1 heterocycles. The molecule has 1 aliphatic rings. The monoisotopic (exact) mass is 477 g/mol. The highest BCUT2D eigenvalue weighted by Crippen LogP contribution is 2.28. The first kappa shape index (κ1) is 23.4. The minimum Gasteiger partial charge on any atom is -0.497 e. The van der Waals surface area contributed by atoms with Crippen LogP contribution in [0.3, 0.4) is 0 Å². The van der Waals surface area contributed by atoms with Crippen molar-refractivity contribution in [3.8, 4) is 5.75 Å². The Morgan fingerprint density at radius 3 is 2.35 bits per heavy atom. The number of hydrogen-bond acceptors (Lipinski definition) is 4. The molecule has 4 rings (SSSR count). The van der Waals surface area contributed by atoms with Crippen molar-refractivity contribution in [2.75, 3.05) is 23.9 Å². The van der Waals surface area contributed by atoms with E-state index in [-0.39, 0.29) is 18.2 Å². The second kappa shape index (κ2) is 10.4. The molecular formula is C26H24FN3O3S. The number of carbonyl (C=O) groups is 2. The Morgan fingerprint density at radius 1 is 1.03 bits per heavy atom. The third-order valence-corrected chi connectivity index (χ3v) is 6.06. The summed E-state index contributed by atoms with van der Waals surface area (Å²) in [5.41, 5.74) is 2.17. The molecule has 34 heavy (non-hydrogen) atoms. The number of benzene rings is 3. The van der Waals surface area contributed by atoms with Crippen LogP contribution in [0.25, 0.3) is 0 Å². The van der Waals surface area contributed by atoms with Gasteiger partial charge in [-0.3, -0.25) is 14.5 Å². The molecule has 0 aromatic heterocycles. The van der Waals surface area contributed by atoms with Gasteiger partial charge in [0.05, 0.1) is 19.2 Å². The zero-order valence-electron chi connectivity index (χ0n) is 18.6. The molecule has 3 aromatic rings. The van der Waals surface area contributed by atoms with E-state index in [1.807, 2.05) is 30.3 Å². The van der Waals surface area contributed by atoms with Gasteiger partial charge < -0.3 is 15.0 Å². The van der Waals surface area contributed by atoms with E-state index < -0.39 is 11.9 Å². The van der Waals surface area contributed by atoms with Crippen molar-refractivity contribution >= 4 is 40.5 Å². The van der Waals surface area contributed by atoms with Gasteiger partial charge in [0.25, 0.3) is 5.91 Å². The van der Waals surface area contributed by atoms with Gasteiger partial charge in [-0.15, -0.1) is 0 Å². The van der Waals surface area contributed by atoms with Crippen LogP contribution in [0.4, 0.5) is 15.8 Å². The number of anilines is 2. The van der Waals surface area contributed by atoms with Crippen LogP contribution < -0.4 is 15.0 Å². The molecule has 1 aliphatic heterocycles. The normalized spacial score (nSPS) is 15.5. The van der Waals surface area contributed by atoms with Crippen molar-refractivity contribution < 1.29 is 18.7 Å². The topological polar surface area (TPSA) is 61.9 Å². The average molecular weight is 478 g/mol. The number of rotatable bonds is 8. The second-order valence-electron chi connectivity index (χ2n) is 7.86. The number of halogens is 1. The summed E-state index contributed by atoms with van der Waals surface area (Å²) in [6.07, 6.45) is 0.583. The summed E-state index contributed by atoms with van der Waals surface area (Å²) in [5, 5.41) is 3.13. The lowest BCUT2D eigenvalue weighted by Gasteiger charge is -2.24. The summed E-state index contributed by atoms with van der Waals surface area (Å²) in [7, 11) is 1.57. The van der Waals surface area contributed by atoms with E-state index in [4.69, 9.17) is 17.0 Å². The highest BCUT2D eigenvalue weighted by molar-refractivity contribution is 7.80. The van der Waals surface area contributed by atoms with Crippen LogP contribution in [-0.4, -0.2) is 41.5 Å². The molecule has 3 aromatic carbocycles. The zero-order valence-corrected chi connectivity index (χ0v) is 19.4. The van der Waals surface area contributed by atoms with Gasteiger partial charge in [-0.25, -0.2) is 4.39 Å². The first-order valence-electron chi connectivity index (χ1n) is 10.8. The van der Waals surface area contributed by atoms with Crippen LogP contribution in [0, 0.1) is 5.82 Å². The SMILES string of the molecule is COc1ccc(NC(=O)C[C@@H]2C(=O)N(c3ccc(F)cc3)C(=S)N2CCc2ccccc2)cc1. The van der Waals surface area contributed by atoms with Gasteiger partial charge in [0, 0.05) is 12.2 Å². The molecule has 1 N–H and O–H groups in total. The maximum Gasteiger partial charge on any atom is 0.256 e. The van der Waals surface area contributed by atoms with Crippen molar-refractivity contribution in [1.29, 1.82) is 0 Å². The molecule has 0 spiro atoms. The van der Waals surface area contributed by atoms with Gasteiger partial charge in [-0.2, -0.15) is 0 Å². The van der Waals surface area contributed by atoms with Crippen molar-refractivity contribution in [3.05, 3.63) is 90.2 Å². The summed E-state index contributed by atoms with van der Waals surface area (Å²) in [5.74, 6) is -0.347. The lowest BCUT2D eigenvalue weighted by atomic mass is 10.1. The fourth-order valence-electron chi connectivity index (χ4n) is 3.87. The lowest BCUT2D eigenvalue weighted by Crippen LogP contribution is -2.39. The Bertz CT molecular complexity index is 1170. The quantitative estimate of drug-likeness (QED) is 0.487. The van der Waals surface area contributed by atoms with Gasteiger partial charge in [-0.05, 0) is 72.7 Å². The van der Waals surface area contributed by atoms with E-state index >= 15 is 0 Å². The highest BCUT2D eigenvalue weighted by Gasteiger charge is 2.43. The molecular weight excluding hydrogens is 453 g/mol. The number of nitrogens with zero attached hydrogens (tertiary/aromatic N) is 2. The molecule has 1 saturated heterocycles. The minimum absolute atomic E-state index is 0.0719. The predicted octanol–water partition coefficient (Wildman–Crippen LogP) is 4.41. The fraction of sp³-hybridized carbons (Fsp3) is 0.192. The van der Waals surface area contributed by atoms with Crippen LogP contribution in [0.2, 0.25) is 0 Å². The smallest absolute Gasteiger partial charge is 0.256 e. The molecule has 0 unspecified atom stereocenters. The van der Waals surface area contributed by atoms with Gasteiger partial charge in [0.2, 0.25) is 5.91 Å². The van der Waals surface area contributed by atoms with Gasteiger partial charge in [0.15, 0.2) is 5.11 Å². The maximum atomic E-state index is 13.4. The summed E-state index contributed by atoms with van der Waals surface area (Å²) in [6.45, 7) is 0.465. The number of thiocarbonyl (C=S) groups is 1. The predicted molar refractivity (Wildman–Crippen MR) is 133 cm³/mol. The zero-order chi connectivity index (χ0) is 24.1. The van der Waals surface area contributed by atoms with Gasteiger partial charge in [-0.1, -0.05) is 30.3 Å². The molecule has 0 bridgehead atoms. The summed E-state index contributed by atoms with van der Waals surface area (Å²) in [6, 6.07) is 21.6. The largest absolute Gasteiger partial charge is 0.497 e. The van der Waals surface area contributed by atoms with Crippen LogP contribution in [0.5, 0.6) is 5.75 Å². The number of nitrogens with one attached hydrogen (secondary N) is 1. The van der Waals surface area contributed by atoms with Gasteiger partial charge in [0.1, 0.15) is 17.6 Å². The molecule has 1 fully saturated rings. The third-order valence-electron chi connectivity index (χ3n) is 5.64. The Labute approximate surface area is 202 Å². The van der Waals surface area contributed by atoms with E-state index in [0.29, 0.717) is 35.2 Å². The number of ether oxygens (including phenoxy) is 1. The van der Waals surface area contributed by atoms with E-state index in [2.05, 4.69) is 5.32 Å². The van der Waals surface area contributed by atoms with Gasteiger partial charge >= 0.3 is 0 Å². The second-order valence-corrected chi connectivity index (χ2v) is 8.22. The molecule has 174 valence electrons. The Morgan fingerprint density at radius 2 is 1.71 bits per heavy atom. The average Bonchev–Trinajstić information content (AvgIpc) is 3.08. The number of methoxy groups -OCH3 is 1. The number of carbonyl (C=O) groups excluding carboxylic acids is 2.